The Morgan fingerprint density at radius 1 is 1.22 bits per heavy atom. The van der Waals surface area contributed by atoms with Crippen molar-refractivity contribution >= 4 is 27.7 Å². The highest BCUT2D eigenvalue weighted by Gasteiger charge is 2.19. The lowest BCUT2D eigenvalue weighted by Gasteiger charge is -2.30. The average Bonchev–Trinajstić information content (AvgIpc) is 2.54. The van der Waals surface area contributed by atoms with Gasteiger partial charge in [0.05, 0.1) is 5.69 Å². The van der Waals surface area contributed by atoms with Crippen LogP contribution in [0.4, 0.5) is 11.8 Å². The monoisotopic (exact) mass is 374 g/mol. The van der Waals surface area contributed by atoms with Crippen LogP contribution in [0.25, 0.3) is 0 Å². The molecule has 23 heavy (non-hydrogen) atoms. The third-order valence-electron chi connectivity index (χ3n) is 4.16. The number of hydrogen-bond acceptors (Lipinski definition) is 4. The molecule has 0 unspecified atom stereocenters. The molecule has 122 valence electrons. The fourth-order valence-electron chi connectivity index (χ4n) is 2.86. The summed E-state index contributed by atoms with van der Waals surface area (Å²) in [5.41, 5.74) is 3.90. The first kappa shape index (κ1) is 16.2. The molecule has 0 spiro atoms. The van der Waals surface area contributed by atoms with Gasteiger partial charge in [0.25, 0.3) is 0 Å². The summed E-state index contributed by atoms with van der Waals surface area (Å²) in [6, 6.07) is 8.69. The van der Waals surface area contributed by atoms with Gasteiger partial charge >= 0.3 is 0 Å². The van der Waals surface area contributed by atoms with Gasteiger partial charge in [-0.05, 0) is 42.5 Å². The molecule has 5 heteroatoms. The van der Waals surface area contributed by atoms with Crippen LogP contribution in [0.3, 0.4) is 0 Å². The minimum atomic E-state index is 0.391. The molecule has 0 saturated carbocycles. The summed E-state index contributed by atoms with van der Waals surface area (Å²) >= 11 is 3.56. The predicted molar refractivity (Wildman–Crippen MR) is 99.2 cm³/mol. The molecule has 1 N–H and O–H groups in total. The van der Waals surface area contributed by atoms with E-state index >= 15 is 0 Å². The number of aromatic nitrogens is 2. The maximum Gasteiger partial charge on any atom is 0.224 e. The Morgan fingerprint density at radius 3 is 2.78 bits per heavy atom. The Labute approximate surface area is 146 Å². The Morgan fingerprint density at radius 2 is 2.04 bits per heavy atom. The number of anilines is 2. The molecule has 2 heterocycles. The minimum absolute atomic E-state index is 0.391. The Bertz CT molecular complexity index is 699. The van der Waals surface area contributed by atoms with Gasteiger partial charge in [0.2, 0.25) is 5.95 Å². The van der Waals surface area contributed by atoms with Gasteiger partial charge in [-0.3, -0.25) is 0 Å². The summed E-state index contributed by atoms with van der Waals surface area (Å²) in [7, 11) is 0. The first-order valence-electron chi connectivity index (χ1n) is 8.22. The molecule has 0 fully saturated rings. The molecule has 1 aliphatic heterocycles. The van der Waals surface area contributed by atoms with Gasteiger partial charge in [-0.2, -0.15) is 4.98 Å². The van der Waals surface area contributed by atoms with Crippen molar-refractivity contribution in [2.45, 2.75) is 39.7 Å². The van der Waals surface area contributed by atoms with Crippen molar-refractivity contribution in [2.24, 2.45) is 0 Å². The standard InChI is InChI=1S/C18H23BrN4/c1-4-20-18-21-16(12(2)3)10-17(22-18)23-8-7-13-9-15(19)6-5-14(13)11-23/h5-6,9-10,12H,4,7-8,11H2,1-3H3,(H,20,21,22). The fraction of sp³-hybridized carbons (Fsp3) is 0.444. The van der Waals surface area contributed by atoms with E-state index < -0.39 is 0 Å². The summed E-state index contributed by atoms with van der Waals surface area (Å²) in [5, 5.41) is 3.25. The molecule has 0 aliphatic carbocycles. The second kappa shape index (κ2) is 6.87. The average molecular weight is 375 g/mol. The molecule has 0 radical (unpaired) electrons. The summed E-state index contributed by atoms with van der Waals surface area (Å²) < 4.78 is 1.16. The molecule has 1 aliphatic rings. The van der Waals surface area contributed by atoms with E-state index in [9.17, 15) is 0 Å². The third kappa shape index (κ3) is 3.66. The van der Waals surface area contributed by atoms with Crippen molar-refractivity contribution < 1.29 is 0 Å². The largest absolute Gasteiger partial charge is 0.354 e. The molecule has 1 aromatic heterocycles. The number of nitrogens with zero attached hydrogens (tertiary/aromatic N) is 3. The number of hydrogen-bond donors (Lipinski definition) is 1. The lowest BCUT2D eigenvalue weighted by atomic mass is 10.00. The van der Waals surface area contributed by atoms with Gasteiger partial charge in [-0.25, -0.2) is 4.98 Å². The highest BCUT2D eigenvalue weighted by atomic mass is 79.9. The Hall–Kier alpha value is -1.62. The van der Waals surface area contributed by atoms with Crippen molar-refractivity contribution in [1.82, 2.24) is 9.97 Å². The van der Waals surface area contributed by atoms with Crippen molar-refractivity contribution in [3.63, 3.8) is 0 Å². The first-order valence-corrected chi connectivity index (χ1v) is 9.01. The van der Waals surface area contributed by atoms with E-state index in [1.807, 2.05) is 0 Å². The van der Waals surface area contributed by atoms with Crippen LogP contribution in [0.5, 0.6) is 0 Å². The Kier molecular flexibility index (Phi) is 4.85. The normalized spacial score (nSPS) is 14.0. The summed E-state index contributed by atoms with van der Waals surface area (Å²) in [6.45, 7) is 9.14. The van der Waals surface area contributed by atoms with E-state index in [1.165, 1.54) is 11.1 Å². The van der Waals surface area contributed by atoms with E-state index in [0.29, 0.717) is 5.92 Å². The number of halogens is 1. The summed E-state index contributed by atoms with van der Waals surface area (Å²) in [5.74, 6) is 2.14. The fourth-order valence-corrected chi connectivity index (χ4v) is 3.27. The van der Waals surface area contributed by atoms with Crippen LogP contribution in [-0.2, 0) is 13.0 Å². The topological polar surface area (TPSA) is 41.1 Å². The van der Waals surface area contributed by atoms with Crippen LogP contribution in [0, 0.1) is 0 Å². The van der Waals surface area contributed by atoms with E-state index in [1.54, 1.807) is 0 Å². The molecular formula is C18H23BrN4. The van der Waals surface area contributed by atoms with Crippen molar-refractivity contribution in [1.29, 1.82) is 0 Å². The smallest absolute Gasteiger partial charge is 0.224 e. The van der Waals surface area contributed by atoms with Gasteiger partial charge < -0.3 is 10.2 Å². The summed E-state index contributed by atoms with van der Waals surface area (Å²) in [6.07, 6.45) is 1.05. The van der Waals surface area contributed by atoms with Crippen LogP contribution in [0.1, 0.15) is 43.5 Å². The number of benzene rings is 1. The number of rotatable bonds is 4. The van der Waals surface area contributed by atoms with Gasteiger partial charge in [0.15, 0.2) is 0 Å². The second-order valence-electron chi connectivity index (χ2n) is 6.24. The molecule has 0 atom stereocenters. The lowest BCUT2D eigenvalue weighted by molar-refractivity contribution is 0.713. The van der Waals surface area contributed by atoms with Crippen LogP contribution in [-0.4, -0.2) is 23.1 Å². The maximum absolute atomic E-state index is 4.71. The molecule has 0 saturated heterocycles. The predicted octanol–water partition coefficient (Wildman–Crippen LogP) is 4.36. The van der Waals surface area contributed by atoms with Gasteiger partial charge in [0, 0.05) is 30.2 Å². The zero-order valence-corrected chi connectivity index (χ0v) is 15.5. The number of fused-ring (bicyclic) bond motifs is 1. The van der Waals surface area contributed by atoms with Crippen LogP contribution in [0.2, 0.25) is 0 Å². The zero-order valence-electron chi connectivity index (χ0n) is 13.9. The van der Waals surface area contributed by atoms with Crippen molar-refractivity contribution in [3.8, 4) is 0 Å². The molecule has 0 amide bonds. The molecular weight excluding hydrogens is 352 g/mol. The van der Waals surface area contributed by atoms with Crippen LogP contribution < -0.4 is 10.2 Å². The highest BCUT2D eigenvalue weighted by Crippen LogP contribution is 2.27. The van der Waals surface area contributed by atoms with Gasteiger partial charge in [-0.15, -0.1) is 0 Å². The minimum Gasteiger partial charge on any atom is -0.354 e. The van der Waals surface area contributed by atoms with Crippen LogP contribution in [0.15, 0.2) is 28.7 Å². The van der Waals surface area contributed by atoms with Gasteiger partial charge in [-0.1, -0.05) is 35.8 Å². The van der Waals surface area contributed by atoms with Crippen molar-refractivity contribution in [3.05, 3.63) is 45.6 Å². The summed E-state index contributed by atoms with van der Waals surface area (Å²) in [4.78, 5) is 11.7. The molecule has 4 nitrogen and oxygen atoms in total. The van der Waals surface area contributed by atoms with E-state index in [0.717, 1.165) is 48.0 Å². The van der Waals surface area contributed by atoms with Gasteiger partial charge in [0.1, 0.15) is 5.82 Å². The van der Waals surface area contributed by atoms with E-state index in [4.69, 9.17) is 4.98 Å². The zero-order chi connectivity index (χ0) is 16.4. The third-order valence-corrected chi connectivity index (χ3v) is 4.66. The maximum atomic E-state index is 4.71. The van der Waals surface area contributed by atoms with Crippen molar-refractivity contribution in [2.75, 3.05) is 23.3 Å². The number of nitrogens with one attached hydrogen (secondary N) is 1. The highest BCUT2D eigenvalue weighted by molar-refractivity contribution is 9.10. The second-order valence-corrected chi connectivity index (χ2v) is 7.16. The Balaban J connectivity index is 1.91. The molecule has 0 bridgehead atoms. The van der Waals surface area contributed by atoms with E-state index in [-0.39, 0.29) is 0 Å². The lowest BCUT2D eigenvalue weighted by Crippen LogP contribution is -2.31. The van der Waals surface area contributed by atoms with Crippen LogP contribution >= 0.6 is 15.9 Å². The quantitative estimate of drug-likeness (QED) is 0.862. The van der Waals surface area contributed by atoms with E-state index in [2.05, 4.69) is 76.2 Å². The SMILES string of the molecule is CCNc1nc(C(C)C)cc(N2CCc3cc(Br)ccc3C2)n1. The molecule has 3 rings (SSSR count). The molecule has 2 aromatic rings. The molecule has 1 aromatic carbocycles. The first-order chi connectivity index (χ1) is 11.1.